The normalized spacial score (nSPS) is 31.3. The number of esters is 1. The fourth-order valence-corrected chi connectivity index (χ4v) is 5.95. The van der Waals surface area contributed by atoms with E-state index >= 15 is 0 Å². The molecule has 2 aromatic rings. The van der Waals surface area contributed by atoms with Crippen LogP contribution in [-0.4, -0.2) is 24.9 Å². The van der Waals surface area contributed by atoms with Crippen molar-refractivity contribution in [2.75, 3.05) is 12.0 Å². The van der Waals surface area contributed by atoms with Gasteiger partial charge in [-0.25, -0.2) is 0 Å². The maximum Gasteiger partial charge on any atom is 0.315 e. The first-order valence-corrected chi connectivity index (χ1v) is 11.0. The van der Waals surface area contributed by atoms with Crippen LogP contribution in [-0.2, 0) is 20.8 Å². The Hall–Kier alpha value is -3.41. The maximum absolute atomic E-state index is 13.2. The molecule has 0 aromatic heterocycles. The van der Waals surface area contributed by atoms with Gasteiger partial charge >= 0.3 is 5.97 Å². The summed E-state index contributed by atoms with van der Waals surface area (Å²) in [6, 6.07) is 13.9. The van der Waals surface area contributed by atoms with Crippen molar-refractivity contribution in [1.29, 1.82) is 0 Å². The van der Waals surface area contributed by atoms with Crippen LogP contribution in [0.2, 0.25) is 0 Å². The van der Waals surface area contributed by atoms with Crippen LogP contribution in [0.5, 0.6) is 11.5 Å². The third-order valence-corrected chi connectivity index (χ3v) is 7.50. The van der Waals surface area contributed by atoms with Gasteiger partial charge in [-0.3, -0.25) is 19.3 Å². The van der Waals surface area contributed by atoms with Crippen LogP contribution in [0.4, 0.5) is 5.69 Å². The molecule has 4 aliphatic carbocycles. The second-order valence-electron chi connectivity index (χ2n) is 9.16. The number of benzene rings is 2. The molecule has 32 heavy (non-hydrogen) atoms. The zero-order valence-electron chi connectivity index (χ0n) is 17.6. The highest BCUT2D eigenvalue weighted by atomic mass is 16.5. The Morgan fingerprint density at radius 3 is 2.00 bits per heavy atom. The number of carbonyl (C=O) groups excluding carboxylic acids is 3. The van der Waals surface area contributed by atoms with Crippen molar-refractivity contribution in [2.24, 2.45) is 35.5 Å². The molecule has 1 aliphatic heterocycles. The molecule has 2 bridgehead atoms. The zero-order valence-corrected chi connectivity index (χ0v) is 17.6. The summed E-state index contributed by atoms with van der Waals surface area (Å²) in [5.41, 5.74) is 1.36. The second kappa shape index (κ2) is 7.05. The van der Waals surface area contributed by atoms with Crippen LogP contribution in [0.25, 0.3) is 0 Å². The highest BCUT2D eigenvalue weighted by molar-refractivity contribution is 6.22. The first-order chi connectivity index (χ1) is 15.5. The molecule has 2 unspecified atom stereocenters. The summed E-state index contributed by atoms with van der Waals surface area (Å²) < 4.78 is 10.6. The SMILES string of the molecule is COc1ccc(CC(=O)Oc2ccc(N3C(=O)[C@@H]4[C@@H]5C=CC([C@H]6CC65)[C@@H]4C3=O)cc2)cc1. The lowest BCUT2D eigenvalue weighted by atomic mass is 9.63. The molecule has 6 nitrogen and oxygen atoms in total. The van der Waals surface area contributed by atoms with E-state index in [4.69, 9.17) is 9.47 Å². The van der Waals surface area contributed by atoms with Gasteiger partial charge < -0.3 is 9.47 Å². The largest absolute Gasteiger partial charge is 0.497 e. The van der Waals surface area contributed by atoms with Crippen molar-refractivity contribution in [3.63, 3.8) is 0 Å². The Kier molecular flexibility index (Phi) is 4.25. The van der Waals surface area contributed by atoms with Gasteiger partial charge in [0.2, 0.25) is 11.8 Å². The van der Waals surface area contributed by atoms with Crippen LogP contribution < -0.4 is 14.4 Å². The van der Waals surface area contributed by atoms with Gasteiger partial charge in [0, 0.05) is 0 Å². The monoisotopic (exact) mass is 429 g/mol. The molecule has 0 spiro atoms. The molecule has 2 aromatic carbocycles. The molecule has 0 N–H and O–H groups in total. The molecule has 7 rings (SSSR count). The van der Waals surface area contributed by atoms with E-state index in [0.29, 0.717) is 23.3 Å². The molecule has 1 heterocycles. The van der Waals surface area contributed by atoms with Gasteiger partial charge in [0.1, 0.15) is 11.5 Å². The molecule has 1 saturated heterocycles. The van der Waals surface area contributed by atoms with E-state index in [2.05, 4.69) is 12.2 Å². The summed E-state index contributed by atoms with van der Waals surface area (Å²) in [5.74, 6) is 1.67. The van der Waals surface area contributed by atoms with Crippen LogP contribution in [0.3, 0.4) is 0 Å². The minimum absolute atomic E-state index is 0.0889. The summed E-state index contributed by atoms with van der Waals surface area (Å²) in [7, 11) is 1.59. The number of anilines is 1. The van der Waals surface area contributed by atoms with Crippen molar-refractivity contribution in [2.45, 2.75) is 12.8 Å². The van der Waals surface area contributed by atoms with Gasteiger partial charge in [-0.2, -0.15) is 0 Å². The number of hydrogen-bond donors (Lipinski definition) is 0. The summed E-state index contributed by atoms with van der Waals surface area (Å²) in [5, 5.41) is 0. The van der Waals surface area contributed by atoms with Gasteiger partial charge in [-0.05, 0) is 72.1 Å². The Bertz CT molecular complexity index is 1100. The predicted molar refractivity (Wildman–Crippen MR) is 116 cm³/mol. The number of nitrogens with zero attached hydrogens (tertiary/aromatic N) is 1. The smallest absolute Gasteiger partial charge is 0.315 e. The molecule has 6 atom stereocenters. The quantitative estimate of drug-likeness (QED) is 0.315. The summed E-state index contributed by atoms with van der Waals surface area (Å²) in [6.45, 7) is 0. The lowest BCUT2D eigenvalue weighted by Gasteiger charge is -2.37. The second-order valence-corrected chi connectivity index (χ2v) is 9.16. The number of hydrogen-bond acceptors (Lipinski definition) is 5. The lowest BCUT2D eigenvalue weighted by Crippen LogP contribution is -2.40. The highest BCUT2D eigenvalue weighted by Crippen LogP contribution is 2.65. The molecule has 2 saturated carbocycles. The third-order valence-electron chi connectivity index (χ3n) is 7.50. The minimum Gasteiger partial charge on any atom is -0.497 e. The lowest BCUT2D eigenvalue weighted by molar-refractivity contribution is -0.133. The highest BCUT2D eigenvalue weighted by Gasteiger charge is 2.67. The first-order valence-electron chi connectivity index (χ1n) is 11.0. The molecule has 6 heteroatoms. The van der Waals surface area contributed by atoms with Gasteiger partial charge in [0.15, 0.2) is 0 Å². The minimum atomic E-state index is -0.385. The van der Waals surface area contributed by atoms with Crippen LogP contribution >= 0.6 is 0 Å². The number of ether oxygens (including phenoxy) is 2. The molecule has 5 aliphatic rings. The van der Waals surface area contributed by atoms with E-state index in [9.17, 15) is 14.4 Å². The summed E-state index contributed by atoms with van der Waals surface area (Å²) >= 11 is 0. The van der Waals surface area contributed by atoms with Crippen molar-refractivity contribution in [1.82, 2.24) is 0 Å². The van der Waals surface area contributed by atoms with Crippen molar-refractivity contribution >= 4 is 23.5 Å². The first kappa shape index (κ1) is 19.3. The van der Waals surface area contributed by atoms with E-state index in [1.807, 2.05) is 12.1 Å². The van der Waals surface area contributed by atoms with Crippen LogP contribution in [0.15, 0.2) is 60.7 Å². The van der Waals surface area contributed by atoms with Gasteiger partial charge in [0.05, 0.1) is 31.1 Å². The Labute approximate surface area is 185 Å². The number of allylic oxidation sites excluding steroid dienone is 2. The standard InChI is InChI=1S/C26H23NO5/c1-31-16-6-2-14(3-7-16)12-22(28)32-17-8-4-15(5-9-17)27-25(29)23-18-10-11-19(21-13-20(18)21)24(23)26(27)30/h2-11,18-21,23-24H,12-13H2,1H3/t18-,19?,20?,21-,23-,24+/m1/s1. The van der Waals surface area contributed by atoms with Crippen LogP contribution in [0, 0.1) is 35.5 Å². The Balaban J connectivity index is 1.14. The average molecular weight is 429 g/mol. The molecule has 2 amide bonds. The fraction of sp³-hybridized carbons (Fsp3) is 0.346. The van der Waals surface area contributed by atoms with E-state index in [1.54, 1.807) is 43.5 Å². The molecule has 0 radical (unpaired) electrons. The molecular weight excluding hydrogens is 406 g/mol. The predicted octanol–water partition coefficient (Wildman–Crippen LogP) is 3.40. The Morgan fingerprint density at radius 2 is 1.44 bits per heavy atom. The van der Waals surface area contributed by atoms with Gasteiger partial charge in [-0.1, -0.05) is 24.3 Å². The van der Waals surface area contributed by atoms with Crippen molar-refractivity contribution in [3.8, 4) is 11.5 Å². The topological polar surface area (TPSA) is 72.9 Å². The molecule has 162 valence electrons. The number of amides is 2. The molecule has 3 fully saturated rings. The number of carbonyl (C=O) groups is 3. The summed E-state index contributed by atoms with van der Waals surface area (Å²) in [6.07, 6.45) is 5.61. The van der Waals surface area contributed by atoms with Gasteiger partial charge in [-0.15, -0.1) is 0 Å². The number of methoxy groups -OCH3 is 1. The van der Waals surface area contributed by atoms with Crippen molar-refractivity contribution in [3.05, 3.63) is 66.2 Å². The van der Waals surface area contributed by atoms with E-state index in [-0.39, 0.29) is 47.9 Å². The third kappa shape index (κ3) is 2.89. The van der Waals surface area contributed by atoms with E-state index in [0.717, 1.165) is 17.7 Å². The fourth-order valence-electron chi connectivity index (χ4n) is 5.95. The number of rotatable bonds is 5. The zero-order chi connectivity index (χ0) is 22.0. The molecular formula is C26H23NO5. The number of imide groups is 1. The summed E-state index contributed by atoms with van der Waals surface area (Å²) in [4.78, 5) is 40.0. The van der Waals surface area contributed by atoms with E-state index < -0.39 is 0 Å². The van der Waals surface area contributed by atoms with Gasteiger partial charge in [0.25, 0.3) is 0 Å². The van der Waals surface area contributed by atoms with Crippen molar-refractivity contribution < 1.29 is 23.9 Å². The van der Waals surface area contributed by atoms with E-state index in [1.165, 1.54) is 4.90 Å². The average Bonchev–Trinajstić information content (AvgIpc) is 3.58. The Morgan fingerprint density at radius 1 is 0.875 bits per heavy atom. The van der Waals surface area contributed by atoms with Crippen LogP contribution in [0.1, 0.15) is 12.0 Å². The maximum atomic E-state index is 13.2.